The normalized spacial score (nSPS) is 11.1. The Balaban J connectivity index is 3.04. The standard InChI is InChI=1S/C23H46O5/c1-3-5-6-7-8-9-10-11-12-13-17-25-19-21-27-22-20-26-18-14-15-23(24)28-16-4-2/h3-22H2,1-2H3. The molecular weight excluding hydrogens is 356 g/mol. The van der Waals surface area contributed by atoms with Crippen LogP contribution in [0, 0.1) is 0 Å². The van der Waals surface area contributed by atoms with Gasteiger partial charge in [-0.1, -0.05) is 71.6 Å². The van der Waals surface area contributed by atoms with Crippen LogP contribution in [0.3, 0.4) is 0 Å². The van der Waals surface area contributed by atoms with Crippen molar-refractivity contribution >= 4 is 5.97 Å². The smallest absolute Gasteiger partial charge is 0.305 e. The Morgan fingerprint density at radius 3 is 1.50 bits per heavy atom. The van der Waals surface area contributed by atoms with Crippen LogP contribution in [0.1, 0.15) is 97.3 Å². The van der Waals surface area contributed by atoms with Gasteiger partial charge in [0.2, 0.25) is 0 Å². The van der Waals surface area contributed by atoms with E-state index in [4.69, 9.17) is 18.9 Å². The van der Waals surface area contributed by atoms with Crippen LogP contribution in [0.15, 0.2) is 0 Å². The first kappa shape index (κ1) is 27.4. The summed E-state index contributed by atoms with van der Waals surface area (Å²) in [5.74, 6) is -0.138. The number of esters is 1. The fourth-order valence-electron chi connectivity index (χ4n) is 2.84. The summed E-state index contributed by atoms with van der Waals surface area (Å²) in [7, 11) is 0. The van der Waals surface area contributed by atoms with Crippen LogP contribution >= 0.6 is 0 Å². The van der Waals surface area contributed by atoms with Crippen LogP contribution in [0.5, 0.6) is 0 Å². The number of hydrogen-bond acceptors (Lipinski definition) is 5. The monoisotopic (exact) mass is 402 g/mol. The van der Waals surface area contributed by atoms with Crippen LogP contribution in [0.4, 0.5) is 0 Å². The summed E-state index contributed by atoms with van der Waals surface area (Å²) < 4.78 is 21.5. The molecule has 0 spiro atoms. The number of hydrogen-bond donors (Lipinski definition) is 0. The summed E-state index contributed by atoms with van der Waals surface area (Å²) >= 11 is 0. The molecule has 0 radical (unpaired) electrons. The number of carbonyl (C=O) groups excluding carboxylic acids is 1. The van der Waals surface area contributed by atoms with Gasteiger partial charge in [0, 0.05) is 19.6 Å². The largest absolute Gasteiger partial charge is 0.466 e. The lowest BCUT2D eigenvalue weighted by atomic mass is 10.1. The van der Waals surface area contributed by atoms with Gasteiger partial charge < -0.3 is 18.9 Å². The van der Waals surface area contributed by atoms with Gasteiger partial charge in [-0.2, -0.15) is 0 Å². The zero-order valence-electron chi connectivity index (χ0n) is 18.7. The van der Waals surface area contributed by atoms with Crippen molar-refractivity contribution in [2.24, 2.45) is 0 Å². The molecule has 0 amide bonds. The molecule has 0 saturated heterocycles. The third-order valence-electron chi connectivity index (χ3n) is 4.52. The molecule has 5 heteroatoms. The third-order valence-corrected chi connectivity index (χ3v) is 4.52. The first-order chi connectivity index (χ1) is 13.8. The molecule has 0 aromatic rings. The van der Waals surface area contributed by atoms with Gasteiger partial charge in [0.25, 0.3) is 0 Å². The lowest BCUT2D eigenvalue weighted by molar-refractivity contribution is -0.144. The maximum absolute atomic E-state index is 11.3. The second-order valence-corrected chi connectivity index (χ2v) is 7.34. The predicted molar refractivity (Wildman–Crippen MR) is 115 cm³/mol. The molecule has 0 fully saturated rings. The van der Waals surface area contributed by atoms with Gasteiger partial charge >= 0.3 is 5.97 Å². The number of carbonyl (C=O) groups is 1. The van der Waals surface area contributed by atoms with Gasteiger partial charge in [-0.15, -0.1) is 0 Å². The van der Waals surface area contributed by atoms with Crippen LogP contribution in [0.25, 0.3) is 0 Å². The SMILES string of the molecule is CCCCCCCCCCCCOCCOCCOCCCC(=O)OCCC. The van der Waals surface area contributed by atoms with E-state index in [0.29, 0.717) is 52.5 Å². The second kappa shape index (κ2) is 24.4. The Labute approximate surface area is 173 Å². The van der Waals surface area contributed by atoms with Gasteiger partial charge in [-0.25, -0.2) is 0 Å². The maximum atomic E-state index is 11.3. The molecule has 0 heterocycles. The van der Waals surface area contributed by atoms with E-state index in [0.717, 1.165) is 19.4 Å². The van der Waals surface area contributed by atoms with E-state index in [-0.39, 0.29) is 5.97 Å². The fraction of sp³-hybridized carbons (Fsp3) is 0.957. The molecule has 0 unspecified atom stereocenters. The highest BCUT2D eigenvalue weighted by Crippen LogP contribution is 2.10. The minimum absolute atomic E-state index is 0.138. The zero-order valence-corrected chi connectivity index (χ0v) is 18.7. The molecule has 0 N–H and O–H groups in total. The number of unbranched alkanes of at least 4 members (excludes halogenated alkanes) is 9. The Bertz CT molecular complexity index is 309. The lowest BCUT2D eigenvalue weighted by Crippen LogP contribution is -2.11. The molecule has 5 nitrogen and oxygen atoms in total. The summed E-state index contributed by atoms with van der Waals surface area (Å²) in [5, 5.41) is 0. The molecule has 168 valence electrons. The van der Waals surface area contributed by atoms with Crippen molar-refractivity contribution in [1.29, 1.82) is 0 Å². The third kappa shape index (κ3) is 23.4. The van der Waals surface area contributed by atoms with Gasteiger partial charge in [0.15, 0.2) is 0 Å². The fourth-order valence-corrected chi connectivity index (χ4v) is 2.84. The van der Waals surface area contributed by atoms with Crippen molar-refractivity contribution in [3.8, 4) is 0 Å². The van der Waals surface area contributed by atoms with E-state index >= 15 is 0 Å². The molecule has 0 bridgehead atoms. The van der Waals surface area contributed by atoms with Crippen molar-refractivity contribution in [2.75, 3.05) is 46.2 Å². The number of ether oxygens (including phenoxy) is 4. The minimum atomic E-state index is -0.138. The van der Waals surface area contributed by atoms with Crippen molar-refractivity contribution in [3.63, 3.8) is 0 Å². The second-order valence-electron chi connectivity index (χ2n) is 7.34. The van der Waals surface area contributed by atoms with Gasteiger partial charge in [-0.05, 0) is 19.3 Å². The summed E-state index contributed by atoms with van der Waals surface area (Å²) in [5.41, 5.74) is 0. The molecule has 0 saturated carbocycles. The summed E-state index contributed by atoms with van der Waals surface area (Å²) in [6.45, 7) is 8.57. The average Bonchev–Trinajstić information content (AvgIpc) is 2.70. The molecule has 0 aliphatic heterocycles. The lowest BCUT2D eigenvalue weighted by Gasteiger charge is -2.07. The average molecular weight is 403 g/mol. The highest BCUT2D eigenvalue weighted by molar-refractivity contribution is 5.69. The van der Waals surface area contributed by atoms with E-state index in [1.54, 1.807) is 0 Å². The Morgan fingerprint density at radius 2 is 0.964 bits per heavy atom. The van der Waals surface area contributed by atoms with Crippen LogP contribution < -0.4 is 0 Å². The van der Waals surface area contributed by atoms with Crippen molar-refractivity contribution < 1.29 is 23.7 Å². The quantitative estimate of drug-likeness (QED) is 0.162. The molecular formula is C23H46O5. The highest BCUT2D eigenvalue weighted by Gasteiger charge is 2.01. The van der Waals surface area contributed by atoms with Crippen molar-refractivity contribution in [1.82, 2.24) is 0 Å². The van der Waals surface area contributed by atoms with Gasteiger partial charge in [0.05, 0.1) is 33.0 Å². The van der Waals surface area contributed by atoms with Crippen LogP contribution in [-0.4, -0.2) is 52.2 Å². The minimum Gasteiger partial charge on any atom is -0.466 e. The molecule has 0 aliphatic carbocycles. The molecule has 0 aliphatic rings. The van der Waals surface area contributed by atoms with Gasteiger partial charge in [-0.3, -0.25) is 4.79 Å². The van der Waals surface area contributed by atoms with Gasteiger partial charge in [0.1, 0.15) is 0 Å². The van der Waals surface area contributed by atoms with Crippen molar-refractivity contribution in [2.45, 2.75) is 97.3 Å². The Kier molecular flexibility index (Phi) is 23.8. The molecule has 0 atom stereocenters. The van der Waals surface area contributed by atoms with E-state index < -0.39 is 0 Å². The Hall–Kier alpha value is -0.650. The first-order valence-electron chi connectivity index (χ1n) is 11.7. The molecule has 0 aromatic carbocycles. The summed E-state index contributed by atoms with van der Waals surface area (Å²) in [6.07, 6.45) is 15.5. The first-order valence-corrected chi connectivity index (χ1v) is 11.7. The number of rotatable bonds is 23. The van der Waals surface area contributed by atoms with E-state index in [9.17, 15) is 4.79 Å². The molecule has 0 rings (SSSR count). The molecule has 28 heavy (non-hydrogen) atoms. The van der Waals surface area contributed by atoms with Crippen LogP contribution in [0.2, 0.25) is 0 Å². The van der Waals surface area contributed by atoms with Crippen LogP contribution in [-0.2, 0) is 23.7 Å². The Morgan fingerprint density at radius 1 is 0.500 bits per heavy atom. The van der Waals surface area contributed by atoms with E-state index in [1.165, 1.54) is 57.8 Å². The van der Waals surface area contributed by atoms with E-state index in [2.05, 4.69) is 6.92 Å². The molecule has 0 aromatic heterocycles. The summed E-state index contributed by atoms with van der Waals surface area (Å²) in [6, 6.07) is 0. The zero-order chi connectivity index (χ0) is 20.5. The van der Waals surface area contributed by atoms with E-state index in [1.807, 2.05) is 6.92 Å². The predicted octanol–water partition coefficient (Wildman–Crippen LogP) is 5.69. The highest BCUT2D eigenvalue weighted by atomic mass is 16.5. The topological polar surface area (TPSA) is 54.0 Å². The van der Waals surface area contributed by atoms with Crippen molar-refractivity contribution in [3.05, 3.63) is 0 Å². The maximum Gasteiger partial charge on any atom is 0.305 e. The summed E-state index contributed by atoms with van der Waals surface area (Å²) in [4.78, 5) is 11.3.